The zero-order valence-electron chi connectivity index (χ0n) is 16.6. The predicted molar refractivity (Wildman–Crippen MR) is 116 cm³/mol. The fourth-order valence-electron chi connectivity index (χ4n) is 3.63. The van der Waals surface area contributed by atoms with Gasteiger partial charge in [0.25, 0.3) is 0 Å². The summed E-state index contributed by atoms with van der Waals surface area (Å²) in [6.07, 6.45) is 1.68. The summed E-state index contributed by atoms with van der Waals surface area (Å²) in [6.45, 7) is 6.12. The van der Waals surface area contributed by atoms with Gasteiger partial charge in [-0.2, -0.15) is 0 Å². The van der Waals surface area contributed by atoms with Crippen LogP contribution in [0.1, 0.15) is 13.8 Å². The lowest BCUT2D eigenvalue weighted by Crippen LogP contribution is -2.53. The first-order valence-corrected chi connectivity index (χ1v) is 9.78. The van der Waals surface area contributed by atoms with E-state index in [2.05, 4.69) is 28.7 Å². The number of rotatable bonds is 4. The van der Waals surface area contributed by atoms with E-state index in [0.29, 0.717) is 38.3 Å². The molecule has 2 aromatic heterocycles. The van der Waals surface area contributed by atoms with Crippen LogP contribution in [0.3, 0.4) is 0 Å². The molecule has 2 N–H and O–H groups in total. The van der Waals surface area contributed by atoms with Gasteiger partial charge < -0.3 is 20.1 Å². The third-order valence-electron chi connectivity index (χ3n) is 4.93. The predicted octanol–water partition coefficient (Wildman–Crippen LogP) is 4.44. The highest BCUT2D eigenvalue weighted by Crippen LogP contribution is 2.47. The Hall–Kier alpha value is -2.51. The summed E-state index contributed by atoms with van der Waals surface area (Å²) in [5.74, 6) is 1.82. The van der Waals surface area contributed by atoms with Crippen molar-refractivity contribution >= 4 is 45.9 Å². The van der Waals surface area contributed by atoms with E-state index in [4.69, 9.17) is 43.4 Å². The van der Waals surface area contributed by atoms with Crippen molar-refractivity contribution in [3.05, 3.63) is 28.4 Å². The molecule has 9 heteroatoms. The molecule has 3 aromatic rings. The zero-order valence-corrected chi connectivity index (χ0v) is 18.1. The second-order valence-corrected chi connectivity index (χ2v) is 8.56. The highest BCUT2D eigenvalue weighted by atomic mass is 35.5. The molecule has 152 valence electrons. The largest absolute Gasteiger partial charge is 0.495 e. The number of nitrogen functional groups attached to an aromatic ring is 1. The lowest BCUT2D eigenvalue weighted by molar-refractivity contribution is 0.275. The van der Waals surface area contributed by atoms with Gasteiger partial charge in [0.2, 0.25) is 5.95 Å². The molecule has 0 aliphatic carbocycles. The molecule has 29 heavy (non-hydrogen) atoms. The van der Waals surface area contributed by atoms with Crippen LogP contribution in [0.5, 0.6) is 11.5 Å². The Balaban J connectivity index is 1.98. The third-order valence-corrected chi connectivity index (χ3v) is 5.68. The molecule has 1 fully saturated rings. The number of ether oxygens (including phenoxy) is 2. The first-order chi connectivity index (χ1) is 13.7. The molecule has 0 amide bonds. The van der Waals surface area contributed by atoms with E-state index >= 15 is 0 Å². The van der Waals surface area contributed by atoms with Crippen molar-refractivity contribution in [2.75, 3.05) is 37.9 Å². The first kappa shape index (κ1) is 19.8. The average Bonchev–Trinajstić information content (AvgIpc) is 2.66. The Bertz CT molecular complexity index is 1080. The summed E-state index contributed by atoms with van der Waals surface area (Å²) in [5, 5.41) is 1.51. The Morgan fingerprint density at radius 1 is 1.03 bits per heavy atom. The van der Waals surface area contributed by atoms with Crippen molar-refractivity contribution in [1.29, 1.82) is 0 Å². The topological polar surface area (TPSA) is 86.4 Å². The molecule has 0 bridgehead atoms. The molecule has 0 saturated carbocycles. The maximum atomic E-state index is 6.61. The Morgan fingerprint density at radius 3 is 2.21 bits per heavy atom. The molecule has 0 radical (unpaired) electrons. The molecule has 3 heterocycles. The number of fused-ring (bicyclic) bond motifs is 1. The highest BCUT2D eigenvalue weighted by molar-refractivity contribution is 6.41. The lowest BCUT2D eigenvalue weighted by atomic mass is 9.84. The van der Waals surface area contributed by atoms with Gasteiger partial charge in [-0.25, -0.2) is 15.0 Å². The Labute approximate surface area is 178 Å². The molecule has 0 atom stereocenters. The minimum Gasteiger partial charge on any atom is -0.495 e. The van der Waals surface area contributed by atoms with E-state index in [1.807, 2.05) is 6.07 Å². The summed E-state index contributed by atoms with van der Waals surface area (Å²) in [4.78, 5) is 15.6. The number of hydrogen-bond donors (Lipinski definition) is 1. The second kappa shape index (κ2) is 7.07. The number of methoxy groups -OCH3 is 2. The van der Waals surface area contributed by atoms with Crippen molar-refractivity contribution in [3.63, 3.8) is 0 Å². The number of nitrogens with two attached hydrogens (primary N) is 1. The van der Waals surface area contributed by atoms with Crippen LogP contribution in [0, 0.1) is 5.41 Å². The number of benzene rings is 1. The van der Waals surface area contributed by atoms with Gasteiger partial charge in [-0.15, -0.1) is 0 Å². The van der Waals surface area contributed by atoms with Gasteiger partial charge in [-0.3, -0.25) is 0 Å². The molecule has 0 unspecified atom stereocenters. The smallest absolute Gasteiger partial charge is 0.220 e. The van der Waals surface area contributed by atoms with Crippen LogP contribution >= 0.6 is 23.2 Å². The van der Waals surface area contributed by atoms with E-state index in [0.717, 1.165) is 24.3 Å². The van der Waals surface area contributed by atoms with Crippen molar-refractivity contribution in [2.24, 2.45) is 5.41 Å². The molecule has 7 nitrogen and oxygen atoms in total. The van der Waals surface area contributed by atoms with Crippen LogP contribution in [0.2, 0.25) is 10.0 Å². The Kier molecular flexibility index (Phi) is 4.83. The van der Waals surface area contributed by atoms with E-state index in [1.165, 1.54) is 14.2 Å². The fourth-order valence-corrected chi connectivity index (χ4v) is 4.33. The van der Waals surface area contributed by atoms with Gasteiger partial charge in [0.15, 0.2) is 5.82 Å². The summed E-state index contributed by atoms with van der Waals surface area (Å²) in [5.41, 5.74) is 7.85. The minimum absolute atomic E-state index is 0.201. The number of hydrogen-bond acceptors (Lipinski definition) is 7. The van der Waals surface area contributed by atoms with Crippen LogP contribution in [-0.2, 0) is 0 Å². The molecular formula is C20H21Cl2N5O2. The Morgan fingerprint density at radius 2 is 1.66 bits per heavy atom. The van der Waals surface area contributed by atoms with Crippen LogP contribution in [0.15, 0.2) is 18.3 Å². The molecular weight excluding hydrogens is 413 g/mol. The van der Waals surface area contributed by atoms with Crippen molar-refractivity contribution < 1.29 is 9.47 Å². The molecule has 0 spiro atoms. The van der Waals surface area contributed by atoms with Crippen molar-refractivity contribution in [1.82, 2.24) is 15.0 Å². The SMILES string of the molecule is COc1cc(OC)c(Cl)c(-c2cc3cnc(N)nc3c(N3CC(C)(C)C3)n2)c1Cl. The monoisotopic (exact) mass is 433 g/mol. The first-order valence-electron chi connectivity index (χ1n) is 9.02. The second-order valence-electron chi connectivity index (χ2n) is 7.80. The van der Waals surface area contributed by atoms with Gasteiger partial charge in [-0.05, 0) is 11.5 Å². The van der Waals surface area contributed by atoms with E-state index in [1.54, 1.807) is 12.3 Å². The molecule has 4 rings (SSSR count). The van der Waals surface area contributed by atoms with Crippen molar-refractivity contribution in [3.8, 4) is 22.8 Å². The van der Waals surface area contributed by atoms with Gasteiger partial charge in [0.1, 0.15) is 17.0 Å². The minimum atomic E-state index is 0.201. The van der Waals surface area contributed by atoms with Gasteiger partial charge in [-0.1, -0.05) is 37.0 Å². The third kappa shape index (κ3) is 3.38. The quantitative estimate of drug-likeness (QED) is 0.650. The molecule has 1 aromatic carbocycles. The standard InChI is InChI=1S/C20H21Cl2N5O2/c1-20(2)8-27(9-20)18-17-10(7-24-19(23)26-17)5-11(25-18)14-15(21)12(28-3)6-13(29-4)16(14)22/h5-7H,8-9H2,1-4H3,(H2,23,24,26). The van der Waals surface area contributed by atoms with E-state index in [9.17, 15) is 0 Å². The van der Waals surface area contributed by atoms with E-state index in [-0.39, 0.29) is 11.4 Å². The van der Waals surface area contributed by atoms with Crippen molar-refractivity contribution in [2.45, 2.75) is 13.8 Å². The van der Waals surface area contributed by atoms with Crippen LogP contribution < -0.4 is 20.1 Å². The van der Waals surface area contributed by atoms with Gasteiger partial charge in [0.05, 0.1) is 30.0 Å². The zero-order chi connectivity index (χ0) is 20.9. The molecule has 1 saturated heterocycles. The van der Waals surface area contributed by atoms with E-state index < -0.39 is 0 Å². The summed E-state index contributed by atoms with van der Waals surface area (Å²) < 4.78 is 10.8. The highest BCUT2D eigenvalue weighted by Gasteiger charge is 2.36. The number of nitrogens with zero attached hydrogens (tertiary/aromatic N) is 4. The number of halogens is 2. The van der Waals surface area contributed by atoms with Gasteiger partial charge in [0, 0.05) is 36.3 Å². The molecule has 1 aliphatic heterocycles. The fraction of sp³-hybridized carbons (Fsp3) is 0.350. The van der Waals surface area contributed by atoms with Crippen LogP contribution in [-0.4, -0.2) is 42.3 Å². The number of anilines is 2. The summed E-state index contributed by atoms with van der Waals surface area (Å²) in [7, 11) is 3.08. The number of aromatic nitrogens is 3. The lowest BCUT2D eigenvalue weighted by Gasteiger charge is -2.46. The maximum Gasteiger partial charge on any atom is 0.220 e. The van der Waals surface area contributed by atoms with Crippen LogP contribution in [0.25, 0.3) is 22.2 Å². The normalized spacial score (nSPS) is 15.3. The van der Waals surface area contributed by atoms with Crippen LogP contribution in [0.4, 0.5) is 11.8 Å². The average molecular weight is 434 g/mol. The maximum absolute atomic E-state index is 6.61. The number of pyridine rings is 1. The summed E-state index contributed by atoms with van der Waals surface area (Å²) in [6, 6.07) is 3.49. The molecule has 1 aliphatic rings. The summed E-state index contributed by atoms with van der Waals surface area (Å²) >= 11 is 13.2. The van der Waals surface area contributed by atoms with Gasteiger partial charge >= 0.3 is 0 Å².